The molecule has 0 atom stereocenters. The third kappa shape index (κ3) is 2.75. The fourth-order valence-corrected chi connectivity index (χ4v) is 1.44. The van der Waals surface area contributed by atoms with Crippen molar-refractivity contribution in [1.82, 2.24) is 15.4 Å². The number of hydrogen-bond acceptors (Lipinski definition) is 7. The lowest BCUT2D eigenvalue weighted by molar-refractivity contribution is 0.101. The van der Waals surface area contributed by atoms with Gasteiger partial charge < -0.3 is 25.5 Å². The number of H-pyrrole nitrogens is 1. The summed E-state index contributed by atoms with van der Waals surface area (Å²) in [6.07, 6.45) is 1.31. The van der Waals surface area contributed by atoms with Gasteiger partial charge in [-0.3, -0.25) is 9.89 Å². The van der Waals surface area contributed by atoms with Crippen LogP contribution in [0.15, 0.2) is 21.9 Å². The van der Waals surface area contributed by atoms with E-state index in [1.54, 1.807) is 0 Å². The van der Waals surface area contributed by atoms with Crippen LogP contribution in [-0.4, -0.2) is 39.4 Å². The summed E-state index contributed by atoms with van der Waals surface area (Å²) in [5, 5.41) is 23.7. The Morgan fingerprint density at radius 2 is 2.50 bits per heavy atom. The van der Waals surface area contributed by atoms with E-state index in [0.29, 0.717) is 5.76 Å². The fraction of sp³-hybridized carbons (Fsp3) is 0.200. The molecule has 2 heterocycles. The Balaban J connectivity index is 2.13. The van der Waals surface area contributed by atoms with Gasteiger partial charge in [0.2, 0.25) is 0 Å². The molecule has 2 aromatic heterocycles. The Kier molecular flexibility index (Phi) is 3.96. The average Bonchev–Trinajstić information content (AvgIpc) is 3.07. The zero-order chi connectivity index (χ0) is 14.5. The number of methoxy groups -OCH3 is 1. The maximum Gasteiger partial charge on any atom is 0.279 e. The molecule has 0 aromatic carbocycles. The van der Waals surface area contributed by atoms with E-state index in [1.807, 2.05) is 0 Å². The van der Waals surface area contributed by atoms with Crippen LogP contribution in [0.4, 0.5) is 5.82 Å². The van der Waals surface area contributed by atoms with E-state index >= 15 is 0 Å². The summed E-state index contributed by atoms with van der Waals surface area (Å²) in [5.41, 5.74) is 5.75. The van der Waals surface area contributed by atoms with E-state index in [-0.39, 0.29) is 29.5 Å². The van der Waals surface area contributed by atoms with Crippen molar-refractivity contribution in [2.24, 2.45) is 10.9 Å². The van der Waals surface area contributed by atoms with Gasteiger partial charge >= 0.3 is 0 Å². The first-order valence-corrected chi connectivity index (χ1v) is 5.43. The largest absolute Gasteiger partial charge is 0.409 e. The Morgan fingerprint density at radius 3 is 3.20 bits per heavy atom. The summed E-state index contributed by atoms with van der Waals surface area (Å²) in [7, 11) is 1.50. The number of nitrogens with one attached hydrogen (secondary N) is 2. The summed E-state index contributed by atoms with van der Waals surface area (Å²) >= 11 is 0. The molecule has 0 fully saturated rings. The molecule has 10 heteroatoms. The third-order valence-corrected chi connectivity index (χ3v) is 2.34. The third-order valence-electron chi connectivity index (χ3n) is 2.34. The van der Waals surface area contributed by atoms with Crippen LogP contribution < -0.4 is 11.1 Å². The number of hydrogen-bond donors (Lipinski definition) is 4. The molecule has 0 aliphatic carbocycles. The standard InChI is InChI=1S/C10H12N6O4/c1-19-4-5-2-7(16-20-5)10(17)13-9-6(3-12-14-9)8(11)15-18/h2-3,18H,4H2,1H3,(H2,11,15)(H2,12,13,14,17). The number of ether oxygens (including phenoxy) is 1. The van der Waals surface area contributed by atoms with Crippen LogP contribution in [0.3, 0.4) is 0 Å². The number of anilines is 1. The lowest BCUT2D eigenvalue weighted by Crippen LogP contribution is -2.18. The van der Waals surface area contributed by atoms with Crippen molar-refractivity contribution >= 4 is 17.6 Å². The predicted molar refractivity (Wildman–Crippen MR) is 66.3 cm³/mol. The molecule has 0 saturated carbocycles. The molecule has 0 bridgehead atoms. The number of aromatic amines is 1. The van der Waals surface area contributed by atoms with Crippen molar-refractivity contribution < 1.29 is 19.3 Å². The van der Waals surface area contributed by atoms with Crippen LogP contribution >= 0.6 is 0 Å². The molecular formula is C10H12N6O4. The van der Waals surface area contributed by atoms with Gasteiger partial charge in [0.1, 0.15) is 12.4 Å². The number of carbonyl (C=O) groups excluding carboxylic acids is 1. The van der Waals surface area contributed by atoms with E-state index in [0.717, 1.165) is 0 Å². The maximum atomic E-state index is 11.9. The van der Waals surface area contributed by atoms with E-state index in [4.69, 9.17) is 20.2 Å². The van der Waals surface area contributed by atoms with Crippen molar-refractivity contribution in [3.05, 3.63) is 29.3 Å². The van der Waals surface area contributed by atoms with Gasteiger partial charge in [0.25, 0.3) is 5.91 Å². The van der Waals surface area contributed by atoms with Gasteiger partial charge in [-0.15, -0.1) is 0 Å². The molecule has 2 rings (SSSR count). The second-order valence-corrected chi connectivity index (χ2v) is 3.71. The Morgan fingerprint density at radius 1 is 1.70 bits per heavy atom. The lowest BCUT2D eigenvalue weighted by atomic mass is 10.3. The zero-order valence-corrected chi connectivity index (χ0v) is 10.5. The van der Waals surface area contributed by atoms with Gasteiger partial charge in [0, 0.05) is 13.2 Å². The zero-order valence-electron chi connectivity index (χ0n) is 10.5. The molecular weight excluding hydrogens is 268 g/mol. The number of nitrogens with two attached hydrogens (primary N) is 1. The molecule has 20 heavy (non-hydrogen) atoms. The molecule has 106 valence electrons. The Labute approximate surface area is 112 Å². The van der Waals surface area contributed by atoms with Crippen LogP contribution in [0, 0.1) is 0 Å². The number of nitrogens with zero attached hydrogens (tertiary/aromatic N) is 3. The van der Waals surface area contributed by atoms with Crippen LogP contribution in [0.25, 0.3) is 0 Å². The Hall–Kier alpha value is -2.88. The van der Waals surface area contributed by atoms with Crippen molar-refractivity contribution in [2.45, 2.75) is 6.61 Å². The highest BCUT2D eigenvalue weighted by molar-refractivity contribution is 6.08. The summed E-state index contributed by atoms with van der Waals surface area (Å²) in [4.78, 5) is 11.9. The van der Waals surface area contributed by atoms with Gasteiger partial charge in [-0.2, -0.15) is 5.10 Å². The first kappa shape index (κ1) is 13.5. The monoisotopic (exact) mass is 280 g/mol. The summed E-state index contributed by atoms with van der Waals surface area (Å²) in [6.45, 7) is 0.208. The topological polar surface area (TPSA) is 152 Å². The van der Waals surface area contributed by atoms with E-state index in [2.05, 4.69) is 25.8 Å². The highest BCUT2D eigenvalue weighted by Crippen LogP contribution is 2.12. The molecule has 1 amide bonds. The average molecular weight is 280 g/mol. The van der Waals surface area contributed by atoms with Gasteiger partial charge in [-0.25, -0.2) is 0 Å². The number of amidine groups is 1. The van der Waals surface area contributed by atoms with Crippen molar-refractivity contribution in [2.75, 3.05) is 12.4 Å². The van der Waals surface area contributed by atoms with E-state index in [1.165, 1.54) is 19.4 Å². The second kappa shape index (κ2) is 5.84. The molecule has 0 aliphatic heterocycles. The molecule has 0 spiro atoms. The number of aromatic nitrogens is 3. The summed E-state index contributed by atoms with van der Waals surface area (Å²) in [6, 6.07) is 1.44. The highest BCUT2D eigenvalue weighted by Gasteiger charge is 2.17. The number of carbonyl (C=O) groups is 1. The van der Waals surface area contributed by atoms with Crippen molar-refractivity contribution in [3.8, 4) is 0 Å². The number of amides is 1. The molecule has 2 aromatic rings. The smallest absolute Gasteiger partial charge is 0.279 e. The van der Waals surface area contributed by atoms with Crippen molar-refractivity contribution in [1.29, 1.82) is 0 Å². The van der Waals surface area contributed by atoms with Crippen LogP contribution in [-0.2, 0) is 11.3 Å². The normalized spacial score (nSPS) is 11.6. The van der Waals surface area contributed by atoms with E-state index in [9.17, 15) is 4.79 Å². The maximum absolute atomic E-state index is 11.9. The summed E-state index contributed by atoms with van der Waals surface area (Å²) in [5.74, 6) is -0.123. The first-order valence-electron chi connectivity index (χ1n) is 5.43. The van der Waals surface area contributed by atoms with Gasteiger partial charge in [-0.1, -0.05) is 10.3 Å². The quantitative estimate of drug-likeness (QED) is 0.258. The Bertz CT molecular complexity index is 631. The minimum absolute atomic E-state index is 0.0668. The summed E-state index contributed by atoms with van der Waals surface area (Å²) < 4.78 is 9.74. The van der Waals surface area contributed by atoms with Gasteiger partial charge in [0.15, 0.2) is 17.3 Å². The second-order valence-electron chi connectivity index (χ2n) is 3.71. The molecule has 0 radical (unpaired) electrons. The van der Waals surface area contributed by atoms with Crippen LogP contribution in [0.1, 0.15) is 21.8 Å². The van der Waals surface area contributed by atoms with Crippen molar-refractivity contribution in [3.63, 3.8) is 0 Å². The van der Waals surface area contributed by atoms with Crippen LogP contribution in [0.5, 0.6) is 0 Å². The molecule has 0 unspecified atom stereocenters. The van der Waals surface area contributed by atoms with Crippen LogP contribution in [0.2, 0.25) is 0 Å². The predicted octanol–water partition coefficient (Wildman–Crippen LogP) is -0.109. The first-order chi connectivity index (χ1) is 9.65. The van der Waals surface area contributed by atoms with Gasteiger partial charge in [0.05, 0.1) is 11.8 Å². The lowest BCUT2D eigenvalue weighted by Gasteiger charge is -2.02. The molecule has 10 nitrogen and oxygen atoms in total. The van der Waals surface area contributed by atoms with Gasteiger partial charge in [-0.05, 0) is 0 Å². The minimum atomic E-state index is -0.535. The fourth-order valence-electron chi connectivity index (χ4n) is 1.44. The number of rotatable bonds is 5. The highest BCUT2D eigenvalue weighted by atomic mass is 16.5. The minimum Gasteiger partial charge on any atom is -0.409 e. The van der Waals surface area contributed by atoms with E-state index < -0.39 is 5.91 Å². The molecule has 0 aliphatic rings. The molecule has 0 saturated heterocycles. The molecule has 5 N–H and O–H groups in total. The SMILES string of the molecule is COCc1cc(C(=O)Nc2[nH]ncc2C(N)=NO)no1. The number of oxime groups is 1.